The van der Waals surface area contributed by atoms with E-state index in [0.29, 0.717) is 12.6 Å². The van der Waals surface area contributed by atoms with Gasteiger partial charge in [0.2, 0.25) is 0 Å². The SMILES string of the molecule is CCNC(=NCc1ccc(C(=O)N(CC)CC)cc1)N1CCC(N2CCOCC2)C1.I. The van der Waals surface area contributed by atoms with Crippen molar-refractivity contribution in [1.82, 2.24) is 20.0 Å². The van der Waals surface area contributed by atoms with Gasteiger partial charge in [0.15, 0.2) is 5.96 Å². The largest absolute Gasteiger partial charge is 0.379 e. The number of rotatable bonds is 7. The van der Waals surface area contributed by atoms with Crippen molar-refractivity contribution >= 4 is 35.8 Å². The molecule has 2 heterocycles. The number of halogens is 1. The predicted molar refractivity (Wildman–Crippen MR) is 136 cm³/mol. The lowest BCUT2D eigenvalue weighted by Crippen LogP contribution is -2.46. The lowest BCUT2D eigenvalue weighted by molar-refractivity contribution is 0.0195. The standard InChI is InChI=1S/C23H37N5O2.HI/c1-4-24-23(28-12-11-21(18-28)27-13-15-30-16-14-27)25-17-19-7-9-20(10-8-19)22(29)26(5-2)6-3;/h7-10,21H,4-6,11-18H2,1-3H3,(H,24,25);1H. The van der Waals surface area contributed by atoms with Crippen molar-refractivity contribution in [3.8, 4) is 0 Å². The van der Waals surface area contributed by atoms with Gasteiger partial charge in [-0.1, -0.05) is 12.1 Å². The van der Waals surface area contributed by atoms with Crippen molar-refractivity contribution in [3.63, 3.8) is 0 Å². The number of nitrogens with zero attached hydrogens (tertiary/aromatic N) is 4. The third kappa shape index (κ3) is 7.05. The second kappa shape index (κ2) is 13.2. The summed E-state index contributed by atoms with van der Waals surface area (Å²) in [7, 11) is 0. The molecule has 31 heavy (non-hydrogen) atoms. The second-order valence-electron chi connectivity index (χ2n) is 7.88. The van der Waals surface area contributed by atoms with E-state index in [-0.39, 0.29) is 29.9 Å². The Hall–Kier alpha value is -1.39. The molecule has 0 aromatic heterocycles. The van der Waals surface area contributed by atoms with Crippen LogP contribution in [0.3, 0.4) is 0 Å². The molecule has 0 saturated carbocycles. The molecular weight excluding hydrogens is 505 g/mol. The Morgan fingerprint density at radius 2 is 1.81 bits per heavy atom. The fourth-order valence-electron chi connectivity index (χ4n) is 4.21. The number of hydrogen-bond donors (Lipinski definition) is 1. The van der Waals surface area contributed by atoms with Crippen LogP contribution in [0.1, 0.15) is 43.1 Å². The summed E-state index contributed by atoms with van der Waals surface area (Å²) < 4.78 is 5.49. The number of carbonyl (C=O) groups is 1. The summed E-state index contributed by atoms with van der Waals surface area (Å²) in [4.78, 5) is 24.1. The van der Waals surface area contributed by atoms with E-state index in [1.54, 1.807) is 0 Å². The topological polar surface area (TPSA) is 60.4 Å². The minimum atomic E-state index is 0. The van der Waals surface area contributed by atoms with Crippen LogP contribution in [0.5, 0.6) is 0 Å². The summed E-state index contributed by atoms with van der Waals surface area (Å²) >= 11 is 0. The van der Waals surface area contributed by atoms with Gasteiger partial charge in [0.05, 0.1) is 19.8 Å². The van der Waals surface area contributed by atoms with E-state index in [0.717, 1.165) is 76.1 Å². The summed E-state index contributed by atoms with van der Waals surface area (Å²) in [5.41, 5.74) is 1.86. The second-order valence-corrected chi connectivity index (χ2v) is 7.88. The van der Waals surface area contributed by atoms with Gasteiger partial charge in [0.1, 0.15) is 0 Å². The molecule has 2 aliphatic rings. The van der Waals surface area contributed by atoms with Gasteiger partial charge < -0.3 is 19.9 Å². The van der Waals surface area contributed by atoms with Gasteiger partial charge in [-0.25, -0.2) is 4.99 Å². The van der Waals surface area contributed by atoms with Gasteiger partial charge in [-0.3, -0.25) is 9.69 Å². The van der Waals surface area contributed by atoms with Crippen molar-refractivity contribution in [2.24, 2.45) is 4.99 Å². The van der Waals surface area contributed by atoms with Crippen LogP contribution in [-0.2, 0) is 11.3 Å². The average Bonchev–Trinajstić information content (AvgIpc) is 3.28. The zero-order valence-corrected chi connectivity index (χ0v) is 21.5. The number of morpholine rings is 1. The van der Waals surface area contributed by atoms with Crippen LogP contribution in [0.4, 0.5) is 0 Å². The molecule has 3 rings (SSSR count). The van der Waals surface area contributed by atoms with Crippen LogP contribution >= 0.6 is 24.0 Å². The van der Waals surface area contributed by atoms with Crippen LogP contribution in [0.15, 0.2) is 29.3 Å². The molecular formula is C23H38IN5O2. The summed E-state index contributed by atoms with van der Waals surface area (Å²) in [5.74, 6) is 1.08. The monoisotopic (exact) mass is 543 g/mol. The van der Waals surface area contributed by atoms with Gasteiger partial charge >= 0.3 is 0 Å². The summed E-state index contributed by atoms with van der Waals surface area (Å²) in [6.07, 6.45) is 1.17. The first kappa shape index (κ1) is 25.9. The maximum absolute atomic E-state index is 12.5. The Morgan fingerprint density at radius 1 is 1.13 bits per heavy atom. The Bertz CT molecular complexity index is 702. The highest BCUT2D eigenvalue weighted by molar-refractivity contribution is 14.0. The number of amides is 1. The predicted octanol–water partition coefficient (Wildman–Crippen LogP) is 2.66. The lowest BCUT2D eigenvalue weighted by Gasteiger charge is -2.32. The molecule has 1 unspecified atom stereocenters. The number of likely N-dealkylation sites (tertiary alicyclic amines) is 1. The Kier molecular flexibility index (Phi) is 11.0. The average molecular weight is 543 g/mol. The van der Waals surface area contributed by atoms with Crippen LogP contribution < -0.4 is 5.32 Å². The zero-order chi connectivity index (χ0) is 21.3. The molecule has 2 aliphatic heterocycles. The van der Waals surface area contributed by atoms with E-state index >= 15 is 0 Å². The molecule has 1 N–H and O–H groups in total. The number of carbonyl (C=O) groups excluding carboxylic acids is 1. The van der Waals surface area contributed by atoms with Gasteiger partial charge in [0, 0.05) is 57.4 Å². The number of nitrogens with one attached hydrogen (secondary N) is 1. The van der Waals surface area contributed by atoms with Crippen molar-refractivity contribution in [1.29, 1.82) is 0 Å². The van der Waals surface area contributed by atoms with Crippen LogP contribution in [0.25, 0.3) is 0 Å². The lowest BCUT2D eigenvalue weighted by atomic mass is 10.1. The maximum atomic E-state index is 12.5. The minimum absolute atomic E-state index is 0. The van der Waals surface area contributed by atoms with E-state index in [2.05, 4.69) is 22.0 Å². The Labute approximate surface area is 204 Å². The fraction of sp³-hybridized carbons (Fsp3) is 0.652. The third-order valence-corrected chi connectivity index (χ3v) is 6.02. The van der Waals surface area contributed by atoms with Gasteiger partial charge in [0.25, 0.3) is 5.91 Å². The molecule has 1 atom stereocenters. The number of hydrogen-bond acceptors (Lipinski definition) is 4. The molecule has 8 heteroatoms. The summed E-state index contributed by atoms with van der Waals surface area (Å²) in [6, 6.07) is 8.46. The van der Waals surface area contributed by atoms with E-state index in [4.69, 9.17) is 9.73 Å². The summed E-state index contributed by atoms with van der Waals surface area (Å²) in [5, 5.41) is 3.45. The summed E-state index contributed by atoms with van der Waals surface area (Å²) in [6.45, 7) is 14.9. The van der Waals surface area contributed by atoms with E-state index < -0.39 is 0 Å². The fourth-order valence-corrected chi connectivity index (χ4v) is 4.21. The van der Waals surface area contributed by atoms with Crippen molar-refractivity contribution in [2.75, 3.05) is 59.0 Å². The first-order chi connectivity index (χ1) is 14.7. The van der Waals surface area contributed by atoms with Crippen molar-refractivity contribution < 1.29 is 9.53 Å². The first-order valence-corrected chi connectivity index (χ1v) is 11.4. The molecule has 0 radical (unpaired) electrons. The molecule has 0 spiro atoms. The molecule has 2 saturated heterocycles. The number of benzene rings is 1. The maximum Gasteiger partial charge on any atom is 0.253 e. The Morgan fingerprint density at radius 3 is 2.42 bits per heavy atom. The molecule has 7 nitrogen and oxygen atoms in total. The van der Waals surface area contributed by atoms with E-state index in [1.165, 1.54) is 6.42 Å². The number of ether oxygens (including phenoxy) is 1. The molecule has 174 valence electrons. The van der Waals surface area contributed by atoms with Gasteiger partial charge in [-0.05, 0) is 44.9 Å². The van der Waals surface area contributed by atoms with Crippen molar-refractivity contribution in [3.05, 3.63) is 35.4 Å². The highest BCUT2D eigenvalue weighted by Gasteiger charge is 2.30. The minimum Gasteiger partial charge on any atom is -0.379 e. The van der Waals surface area contributed by atoms with Gasteiger partial charge in [-0.2, -0.15) is 0 Å². The number of guanidine groups is 1. The van der Waals surface area contributed by atoms with Crippen molar-refractivity contribution in [2.45, 2.75) is 39.8 Å². The molecule has 0 aliphatic carbocycles. The highest BCUT2D eigenvalue weighted by atomic mass is 127. The van der Waals surface area contributed by atoms with Crippen LogP contribution in [0.2, 0.25) is 0 Å². The van der Waals surface area contributed by atoms with Gasteiger partial charge in [-0.15, -0.1) is 24.0 Å². The van der Waals surface area contributed by atoms with Crippen LogP contribution in [-0.4, -0.2) is 91.6 Å². The van der Waals surface area contributed by atoms with E-state index in [9.17, 15) is 4.79 Å². The quantitative estimate of drug-likeness (QED) is 0.326. The molecule has 1 aromatic carbocycles. The van der Waals surface area contributed by atoms with E-state index in [1.807, 2.05) is 43.0 Å². The Balaban J connectivity index is 0.00000341. The number of aliphatic imine (C=N–C) groups is 1. The zero-order valence-electron chi connectivity index (χ0n) is 19.2. The smallest absolute Gasteiger partial charge is 0.253 e. The third-order valence-electron chi connectivity index (χ3n) is 6.02. The molecule has 0 bridgehead atoms. The molecule has 2 fully saturated rings. The van der Waals surface area contributed by atoms with Crippen LogP contribution in [0, 0.1) is 0 Å². The normalized spacial score (nSPS) is 19.8. The first-order valence-electron chi connectivity index (χ1n) is 11.4. The molecule has 1 aromatic rings. The molecule has 1 amide bonds. The highest BCUT2D eigenvalue weighted by Crippen LogP contribution is 2.17.